The molecular weight excluding hydrogens is 474 g/mol. The number of carbonyl (C=O) groups is 2. The average Bonchev–Trinajstić information content (AvgIpc) is 3.30. The van der Waals surface area contributed by atoms with Gasteiger partial charge >= 0.3 is 10.2 Å². The largest absolute Gasteiger partial charge is 0.346 e. The summed E-state index contributed by atoms with van der Waals surface area (Å²) < 4.78 is 28.7. The summed E-state index contributed by atoms with van der Waals surface area (Å²) in [5.74, 6) is -1.56. The second-order valence-electron chi connectivity index (χ2n) is 8.85. The molecule has 1 saturated heterocycles. The Balaban J connectivity index is 1.48. The van der Waals surface area contributed by atoms with Crippen LogP contribution in [0.2, 0.25) is 0 Å². The zero-order valence-electron chi connectivity index (χ0n) is 19.8. The Labute approximate surface area is 211 Å². The lowest BCUT2D eigenvalue weighted by atomic mass is 10.1. The van der Waals surface area contributed by atoms with E-state index in [4.69, 9.17) is 0 Å². The summed E-state index contributed by atoms with van der Waals surface area (Å²) in [4.78, 5) is 28.9. The van der Waals surface area contributed by atoms with E-state index >= 15 is 0 Å². The molecule has 0 saturated carbocycles. The topological polar surface area (TPSA) is 78.0 Å². The maximum atomic E-state index is 13.5. The van der Waals surface area contributed by atoms with Gasteiger partial charge in [0.05, 0.1) is 0 Å². The number of hydrogen-bond donors (Lipinski definition) is 0. The first kappa shape index (κ1) is 23.8. The van der Waals surface area contributed by atoms with E-state index < -0.39 is 22.0 Å². The SMILES string of the molecule is O=C1C(=CN2CCc3ccccc32)C(=O)N(CCc2ccccc2)S(=O)(=O)N1CCc1ccccc1. The first-order valence-electron chi connectivity index (χ1n) is 12.0. The van der Waals surface area contributed by atoms with E-state index in [1.165, 1.54) is 6.20 Å². The van der Waals surface area contributed by atoms with Gasteiger partial charge in [-0.05, 0) is 42.0 Å². The summed E-state index contributed by atoms with van der Waals surface area (Å²) >= 11 is 0. The number of amides is 2. The van der Waals surface area contributed by atoms with Crippen molar-refractivity contribution in [3.63, 3.8) is 0 Å². The molecule has 5 rings (SSSR count). The molecule has 0 bridgehead atoms. The molecule has 8 heteroatoms. The van der Waals surface area contributed by atoms with Crippen molar-refractivity contribution in [2.75, 3.05) is 24.5 Å². The molecule has 0 radical (unpaired) electrons. The summed E-state index contributed by atoms with van der Waals surface area (Å²) in [5.41, 5.74) is 3.73. The smallest absolute Gasteiger partial charge is 0.331 e. The van der Waals surface area contributed by atoms with E-state index in [1.807, 2.05) is 89.8 Å². The van der Waals surface area contributed by atoms with E-state index in [-0.39, 0.29) is 18.7 Å². The minimum Gasteiger partial charge on any atom is -0.346 e. The van der Waals surface area contributed by atoms with E-state index in [0.29, 0.717) is 19.4 Å². The van der Waals surface area contributed by atoms with Gasteiger partial charge in [-0.1, -0.05) is 78.9 Å². The molecule has 2 heterocycles. The van der Waals surface area contributed by atoms with Gasteiger partial charge in [0, 0.05) is 31.5 Å². The number of fused-ring (bicyclic) bond motifs is 1. The van der Waals surface area contributed by atoms with Crippen molar-refractivity contribution < 1.29 is 18.0 Å². The molecule has 3 aromatic rings. The minimum atomic E-state index is -4.32. The zero-order valence-corrected chi connectivity index (χ0v) is 20.6. The van der Waals surface area contributed by atoms with Gasteiger partial charge in [0.1, 0.15) is 5.57 Å². The highest BCUT2D eigenvalue weighted by Crippen LogP contribution is 2.30. The molecule has 0 unspecified atom stereocenters. The zero-order chi connectivity index (χ0) is 25.1. The Bertz CT molecular complexity index is 1330. The van der Waals surface area contributed by atoms with Gasteiger partial charge in [-0.2, -0.15) is 8.42 Å². The highest BCUT2D eigenvalue weighted by molar-refractivity contribution is 7.88. The number of rotatable bonds is 7. The highest BCUT2D eigenvalue weighted by Gasteiger charge is 2.46. The third-order valence-corrected chi connectivity index (χ3v) is 8.38. The number of hydrogen-bond acceptors (Lipinski definition) is 5. The van der Waals surface area contributed by atoms with Crippen LogP contribution in [0.25, 0.3) is 0 Å². The second kappa shape index (κ2) is 9.99. The van der Waals surface area contributed by atoms with E-state index in [9.17, 15) is 18.0 Å². The van der Waals surface area contributed by atoms with Crippen LogP contribution in [0.15, 0.2) is 96.7 Å². The number of nitrogens with zero attached hydrogens (tertiary/aromatic N) is 3. The van der Waals surface area contributed by atoms with Crippen LogP contribution < -0.4 is 4.90 Å². The van der Waals surface area contributed by atoms with E-state index in [1.54, 1.807) is 0 Å². The van der Waals surface area contributed by atoms with Crippen LogP contribution in [0.3, 0.4) is 0 Å². The van der Waals surface area contributed by atoms with Crippen molar-refractivity contribution in [3.05, 3.63) is 113 Å². The van der Waals surface area contributed by atoms with Gasteiger partial charge < -0.3 is 4.90 Å². The molecule has 36 heavy (non-hydrogen) atoms. The summed E-state index contributed by atoms with van der Waals surface area (Å²) in [6.07, 6.45) is 3.02. The molecule has 2 amide bonds. The summed E-state index contributed by atoms with van der Waals surface area (Å²) in [7, 11) is -4.32. The van der Waals surface area contributed by atoms with E-state index in [0.717, 1.165) is 37.4 Å². The van der Waals surface area contributed by atoms with Crippen LogP contribution in [-0.2, 0) is 39.1 Å². The Morgan fingerprint density at radius 2 is 1.19 bits per heavy atom. The predicted octanol–water partition coefficient (Wildman–Crippen LogP) is 3.33. The van der Waals surface area contributed by atoms with Crippen LogP contribution in [0.1, 0.15) is 16.7 Å². The Morgan fingerprint density at radius 1 is 0.694 bits per heavy atom. The van der Waals surface area contributed by atoms with Crippen LogP contribution >= 0.6 is 0 Å². The van der Waals surface area contributed by atoms with Crippen molar-refractivity contribution in [2.45, 2.75) is 19.3 Å². The molecule has 0 spiro atoms. The van der Waals surface area contributed by atoms with Crippen LogP contribution in [0.4, 0.5) is 5.69 Å². The number of benzene rings is 3. The van der Waals surface area contributed by atoms with Gasteiger partial charge in [-0.15, -0.1) is 0 Å². The Morgan fingerprint density at radius 3 is 1.75 bits per heavy atom. The normalized spacial score (nSPS) is 16.9. The monoisotopic (exact) mass is 501 g/mol. The van der Waals surface area contributed by atoms with Crippen molar-refractivity contribution in [3.8, 4) is 0 Å². The minimum absolute atomic E-state index is 0.0474. The summed E-state index contributed by atoms with van der Waals surface area (Å²) in [6, 6.07) is 26.6. The van der Waals surface area contributed by atoms with Crippen molar-refractivity contribution in [1.29, 1.82) is 0 Å². The first-order valence-corrected chi connectivity index (χ1v) is 13.4. The average molecular weight is 502 g/mol. The van der Waals surface area contributed by atoms with Gasteiger partial charge in [0.2, 0.25) is 0 Å². The molecule has 0 N–H and O–H groups in total. The second-order valence-corrected chi connectivity index (χ2v) is 10.6. The van der Waals surface area contributed by atoms with Gasteiger partial charge in [-0.25, -0.2) is 8.61 Å². The van der Waals surface area contributed by atoms with Gasteiger partial charge in [0.25, 0.3) is 11.8 Å². The quantitative estimate of drug-likeness (QED) is 0.367. The van der Waals surface area contributed by atoms with E-state index in [2.05, 4.69) is 0 Å². The Hall–Kier alpha value is -3.91. The Kier molecular flexibility index (Phi) is 6.61. The number of para-hydroxylation sites is 1. The third-order valence-electron chi connectivity index (χ3n) is 6.57. The fourth-order valence-corrected chi connectivity index (χ4v) is 6.14. The maximum Gasteiger partial charge on any atom is 0.331 e. The molecule has 184 valence electrons. The number of anilines is 1. The van der Waals surface area contributed by atoms with Crippen molar-refractivity contribution >= 4 is 27.7 Å². The lowest BCUT2D eigenvalue weighted by Crippen LogP contribution is -2.57. The van der Waals surface area contributed by atoms with Crippen molar-refractivity contribution in [1.82, 2.24) is 8.61 Å². The van der Waals surface area contributed by atoms with Gasteiger partial charge in [0.15, 0.2) is 0 Å². The molecular formula is C28H27N3O4S. The summed E-state index contributed by atoms with van der Waals surface area (Å²) in [5, 5.41) is 0. The molecule has 2 aliphatic heterocycles. The maximum absolute atomic E-state index is 13.5. The van der Waals surface area contributed by atoms with Crippen LogP contribution in [0, 0.1) is 0 Å². The molecule has 7 nitrogen and oxygen atoms in total. The lowest BCUT2D eigenvalue weighted by molar-refractivity contribution is -0.131. The van der Waals surface area contributed by atoms with Crippen LogP contribution in [0.5, 0.6) is 0 Å². The molecule has 0 aliphatic carbocycles. The van der Waals surface area contributed by atoms with Crippen molar-refractivity contribution in [2.24, 2.45) is 0 Å². The first-order chi connectivity index (χ1) is 17.4. The van der Waals surface area contributed by atoms with Gasteiger partial charge in [-0.3, -0.25) is 9.59 Å². The number of carbonyl (C=O) groups excluding carboxylic acids is 2. The third kappa shape index (κ3) is 4.64. The summed E-state index contributed by atoms with van der Waals surface area (Å²) in [6.45, 7) is 0.520. The van der Waals surface area contributed by atoms with Crippen LogP contribution in [-0.4, -0.2) is 48.5 Å². The fraction of sp³-hybridized carbons (Fsp3) is 0.214. The predicted molar refractivity (Wildman–Crippen MR) is 138 cm³/mol. The highest BCUT2D eigenvalue weighted by atomic mass is 32.2. The molecule has 1 fully saturated rings. The molecule has 0 atom stereocenters. The molecule has 2 aliphatic rings. The standard InChI is InChI=1S/C28H27N3O4S/c32-27-25(21-29-18-17-24-13-7-8-14-26(24)29)28(33)31(20-16-23-11-5-2-6-12-23)36(34,35)30(27)19-15-22-9-3-1-4-10-22/h1-14,21H,15-20H2. The molecule has 3 aromatic carbocycles. The molecule has 0 aromatic heterocycles. The fourth-order valence-electron chi connectivity index (χ4n) is 4.64. The lowest BCUT2D eigenvalue weighted by Gasteiger charge is -2.35.